The molecule has 1 aliphatic rings. The molecule has 148 valence electrons. The van der Waals surface area contributed by atoms with Gasteiger partial charge in [0.05, 0.1) is 17.7 Å². The maximum absolute atomic E-state index is 12.7. The van der Waals surface area contributed by atoms with Crippen molar-refractivity contribution < 1.29 is 18.7 Å². The molecule has 2 amide bonds. The Labute approximate surface area is 177 Å². The summed E-state index contributed by atoms with van der Waals surface area (Å²) in [6, 6.07) is 21.6. The zero-order chi connectivity index (χ0) is 20.7. The van der Waals surface area contributed by atoms with Gasteiger partial charge in [-0.15, -0.1) is 0 Å². The van der Waals surface area contributed by atoms with Crippen molar-refractivity contribution in [1.29, 1.82) is 0 Å². The number of hydrogen-bond acceptors (Lipinski definition) is 4. The number of carbonyl (C=O) groups excluding carboxylic acids is 2. The maximum Gasteiger partial charge on any atom is 0.261 e. The van der Waals surface area contributed by atoms with E-state index < -0.39 is 0 Å². The molecule has 4 aromatic rings. The van der Waals surface area contributed by atoms with Crippen LogP contribution in [-0.2, 0) is 13.2 Å². The number of fused-ring (bicyclic) bond motifs is 2. The summed E-state index contributed by atoms with van der Waals surface area (Å²) in [7, 11) is 0. The summed E-state index contributed by atoms with van der Waals surface area (Å²) < 4.78 is 11.8. The minimum absolute atomic E-state index is 0.0718. The second-order valence-corrected chi connectivity index (χ2v) is 7.47. The van der Waals surface area contributed by atoms with Gasteiger partial charge in [0.2, 0.25) is 0 Å². The molecule has 5 nitrogen and oxygen atoms in total. The number of ether oxygens (including phenoxy) is 1. The smallest absolute Gasteiger partial charge is 0.261 e. The lowest BCUT2D eigenvalue weighted by Gasteiger charge is -2.17. The molecule has 2 heterocycles. The minimum Gasteiger partial charge on any atom is -0.485 e. The molecule has 0 spiro atoms. The van der Waals surface area contributed by atoms with Crippen LogP contribution in [0.25, 0.3) is 11.0 Å². The van der Waals surface area contributed by atoms with Gasteiger partial charge >= 0.3 is 0 Å². The van der Waals surface area contributed by atoms with E-state index >= 15 is 0 Å². The van der Waals surface area contributed by atoms with Gasteiger partial charge in [0, 0.05) is 16.0 Å². The Morgan fingerprint density at radius 1 is 0.867 bits per heavy atom. The van der Waals surface area contributed by atoms with Crippen molar-refractivity contribution in [2.24, 2.45) is 0 Å². The molecule has 0 N–H and O–H groups in total. The van der Waals surface area contributed by atoms with Crippen molar-refractivity contribution in [3.8, 4) is 5.75 Å². The number of hydrogen-bond donors (Lipinski definition) is 0. The number of para-hydroxylation sites is 1. The van der Waals surface area contributed by atoms with E-state index in [4.69, 9.17) is 20.8 Å². The second kappa shape index (κ2) is 7.35. The van der Waals surface area contributed by atoms with Crippen LogP contribution in [0.15, 0.2) is 77.2 Å². The molecule has 0 aliphatic carbocycles. The Kier molecular flexibility index (Phi) is 4.52. The van der Waals surface area contributed by atoms with Gasteiger partial charge < -0.3 is 9.15 Å². The highest BCUT2D eigenvalue weighted by Crippen LogP contribution is 2.30. The van der Waals surface area contributed by atoms with E-state index in [9.17, 15) is 9.59 Å². The van der Waals surface area contributed by atoms with Crippen molar-refractivity contribution in [1.82, 2.24) is 4.90 Å². The molecule has 0 unspecified atom stereocenters. The average Bonchev–Trinajstić information content (AvgIpc) is 3.28. The van der Waals surface area contributed by atoms with Crippen LogP contribution in [0.2, 0.25) is 5.02 Å². The minimum atomic E-state index is -0.321. The molecule has 30 heavy (non-hydrogen) atoms. The number of imide groups is 1. The van der Waals surface area contributed by atoms with Gasteiger partial charge in [-0.25, -0.2) is 0 Å². The Hall–Kier alpha value is -3.57. The summed E-state index contributed by atoms with van der Waals surface area (Å²) in [5.41, 5.74) is 2.26. The lowest BCUT2D eigenvalue weighted by Crippen LogP contribution is -2.29. The van der Waals surface area contributed by atoms with E-state index in [0.717, 1.165) is 11.0 Å². The fourth-order valence-electron chi connectivity index (χ4n) is 3.62. The Balaban J connectivity index is 1.39. The molecule has 3 aromatic carbocycles. The molecule has 0 radical (unpaired) electrons. The van der Waals surface area contributed by atoms with Crippen LogP contribution >= 0.6 is 11.6 Å². The summed E-state index contributed by atoms with van der Waals surface area (Å²) in [5, 5.41) is 1.50. The van der Waals surface area contributed by atoms with Gasteiger partial charge in [-0.3, -0.25) is 14.5 Å². The fourth-order valence-corrected chi connectivity index (χ4v) is 3.82. The number of benzene rings is 3. The van der Waals surface area contributed by atoms with E-state index in [2.05, 4.69) is 0 Å². The largest absolute Gasteiger partial charge is 0.485 e. The van der Waals surface area contributed by atoms with Crippen molar-refractivity contribution in [3.63, 3.8) is 0 Å². The van der Waals surface area contributed by atoms with Crippen LogP contribution in [0.1, 0.15) is 32.0 Å². The molecule has 1 aromatic heterocycles. The first-order chi connectivity index (χ1) is 14.6. The van der Waals surface area contributed by atoms with Crippen LogP contribution in [0, 0.1) is 0 Å². The summed E-state index contributed by atoms with van der Waals surface area (Å²) in [4.78, 5) is 26.6. The molecule has 0 saturated heterocycles. The van der Waals surface area contributed by atoms with Gasteiger partial charge in [0.15, 0.2) is 0 Å². The molecule has 1 aliphatic heterocycles. The van der Waals surface area contributed by atoms with Crippen molar-refractivity contribution >= 4 is 34.4 Å². The lowest BCUT2D eigenvalue weighted by molar-refractivity contribution is 0.0641. The monoisotopic (exact) mass is 417 g/mol. The zero-order valence-corrected chi connectivity index (χ0v) is 16.6. The first-order valence-electron chi connectivity index (χ1n) is 9.44. The predicted octanol–water partition coefficient (Wildman–Crippen LogP) is 5.46. The van der Waals surface area contributed by atoms with Crippen LogP contribution in [0.5, 0.6) is 5.75 Å². The van der Waals surface area contributed by atoms with E-state index in [1.165, 1.54) is 4.90 Å². The van der Waals surface area contributed by atoms with E-state index in [1.807, 2.05) is 30.3 Å². The molecule has 0 bridgehead atoms. The standard InChI is InChI=1S/C24H16ClNO4/c25-17-9-10-21(29-14-18-12-15-5-1-4-8-22(15)30-18)16(11-17)13-26-23(27)19-6-2-3-7-20(19)24(26)28/h1-12H,13-14H2. The number of furan rings is 1. The van der Waals surface area contributed by atoms with Gasteiger partial charge in [0.25, 0.3) is 11.8 Å². The Morgan fingerprint density at radius 3 is 2.30 bits per heavy atom. The molecule has 0 fully saturated rings. The highest BCUT2D eigenvalue weighted by Gasteiger charge is 2.35. The second-order valence-electron chi connectivity index (χ2n) is 7.03. The lowest BCUT2D eigenvalue weighted by atomic mass is 10.1. The van der Waals surface area contributed by atoms with Crippen LogP contribution < -0.4 is 4.74 Å². The normalized spacial score (nSPS) is 13.2. The van der Waals surface area contributed by atoms with Gasteiger partial charge in [-0.2, -0.15) is 0 Å². The van der Waals surface area contributed by atoms with Crippen LogP contribution in [-0.4, -0.2) is 16.7 Å². The number of nitrogens with zero attached hydrogens (tertiary/aromatic N) is 1. The molecule has 0 saturated carbocycles. The predicted molar refractivity (Wildman–Crippen MR) is 113 cm³/mol. The molecular weight excluding hydrogens is 402 g/mol. The van der Waals surface area contributed by atoms with E-state index in [0.29, 0.717) is 33.2 Å². The third kappa shape index (κ3) is 3.23. The molecular formula is C24H16ClNO4. The number of rotatable bonds is 5. The topological polar surface area (TPSA) is 59.8 Å². The first kappa shape index (κ1) is 18.5. The van der Waals surface area contributed by atoms with Gasteiger partial charge in [-0.1, -0.05) is 41.9 Å². The Bertz CT molecular complexity index is 1230. The molecule has 5 rings (SSSR count). The molecule has 0 atom stereocenters. The van der Waals surface area contributed by atoms with Crippen LogP contribution in [0.4, 0.5) is 0 Å². The average molecular weight is 418 g/mol. The summed E-state index contributed by atoms with van der Waals surface area (Å²) in [6.45, 7) is 0.286. The van der Waals surface area contributed by atoms with Crippen LogP contribution in [0.3, 0.4) is 0 Å². The summed E-state index contributed by atoms with van der Waals surface area (Å²) in [5.74, 6) is 0.576. The van der Waals surface area contributed by atoms with Gasteiger partial charge in [0.1, 0.15) is 23.7 Å². The number of amides is 2. The number of halogens is 1. The third-order valence-corrected chi connectivity index (χ3v) is 5.31. The summed E-state index contributed by atoms with van der Waals surface area (Å²) >= 11 is 6.17. The SMILES string of the molecule is O=C1c2ccccc2C(=O)N1Cc1cc(Cl)ccc1OCc1cc2ccccc2o1. The van der Waals surface area contributed by atoms with Crippen molar-refractivity contribution in [2.45, 2.75) is 13.2 Å². The maximum atomic E-state index is 12.7. The summed E-state index contributed by atoms with van der Waals surface area (Å²) in [6.07, 6.45) is 0. The quantitative estimate of drug-likeness (QED) is 0.404. The zero-order valence-electron chi connectivity index (χ0n) is 15.8. The number of carbonyl (C=O) groups is 2. The third-order valence-electron chi connectivity index (χ3n) is 5.08. The highest BCUT2D eigenvalue weighted by molar-refractivity contribution is 6.30. The first-order valence-corrected chi connectivity index (χ1v) is 9.82. The van der Waals surface area contributed by atoms with E-state index in [-0.39, 0.29) is 25.0 Å². The highest BCUT2D eigenvalue weighted by atomic mass is 35.5. The van der Waals surface area contributed by atoms with Gasteiger partial charge in [-0.05, 0) is 42.5 Å². The Morgan fingerprint density at radius 2 is 1.57 bits per heavy atom. The fraction of sp³-hybridized carbons (Fsp3) is 0.0833. The molecule has 6 heteroatoms. The van der Waals surface area contributed by atoms with E-state index in [1.54, 1.807) is 42.5 Å². The van der Waals surface area contributed by atoms with Crippen molar-refractivity contribution in [2.75, 3.05) is 0 Å². The van der Waals surface area contributed by atoms with Crippen molar-refractivity contribution in [3.05, 3.63) is 100 Å².